The molecule has 2 aliphatic carbocycles. The van der Waals surface area contributed by atoms with E-state index in [0.29, 0.717) is 5.49 Å². The Morgan fingerprint density at radius 2 is 1.11 bits per heavy atom. The van der Waals surface area contributed by atoms with Crippen molar-refractivity contribution in [3.05, 3.63) is 82.9 Å². The summed E-state index contributed by atoms with van der Waals surface area (Å²) >= 11 is 1.55. The Kier molecular flexibility index (Phi) is 10.9. The fourth-order valence-corrected chi connectivity index (χ4v) is 10.7. The first-order valence-corrected chi connectivity index (χ1v) is 20.3. The second kappa shape index (κ2) is 13.2. The Balaban J connectivity index is 0.000000149. The van der Waals surface area contributed by atoms with Crippen molar-refractivity contribution in [2.45, 2.75) is 82.7 Å². The fourth-order valence-electron chi connectivity index (χ4n) is 5.30. The number of benzene rings is 2. The predicted molar refractivity (Wildman–Crippen MR) is 142 cm³/mol. The van der Waals surface area contributed by atoms with Gasteiger partial charge < -0.3 is 24.8 Å². The van der Waals surface area contributed by atoms with Crippen LogP contribution in [0.15, 0.2) is 60.7 Å². The first-order chi connectivity index (χ1) is 16.1. The minimum absolute atomic E-state index is 0. The van der Waals surface area contributed by atoms with Crippen molar-refractivity contribution < 1.29 is 47.8 Å². The molecule has 2 saturated carbocycles. The molecule has 1 heterocycles. The third-order valence-corrected chi connectivity index (χ3v) is 14.7. The molecule has 184 valence electrons. The van der Waals surface area contributed by atoms with Crippen LogP contribution in [0.5, 0.6) is 0 Å². The molecule has 4 heteroatoms. The summed E-state index contributed by atoms with van der Waals surface area (Å²) in [6, 6.07) is 25.9. The Morgan fingerprint density at radius 1 is 0.686 bits per heavy atom. The molecule has 0 spiro atoms. The molecule has 4 aromatic carbocycles. The van der Waals surface area contributed by atoms with Gasteiger partial charge in [-0.15, -0.1) is 69.1 Å². The van der Waals surface area contributed by atoms with Gasteiger partial charge in [0.05, 0.1) is 0 Å². The van der Waals surface area contributed by atoms with Crippen molar-refractivity contribution in [1.82, 2.24) is 0 Å². The molecule has 0 unspecified atom stereocenters. The maximum absolute atomic E-state index is 2.32. The normalized spacial score (nSPS) is 17.0. The van der Waals surface area contributed by atoms with Gasteiger partial charge in [-0.3, -0.25) is 0 Å². The summed E-state index contributed by atoms with van der Waals surface area (Å²) in [4.78, 5) is 0. The molecular formula is C31H36Cl2HfSi-2. The van der Waals surface area contributed by atoms with Gasteiger partial charge >= 0.3 is 59.8 Å². The summed E-state index contributed by atoms with van der Waals surface area (Å²) in [6.07, 6.45) is 10.2. The van der Waals surface area contributed by atoms with Gasteiger partial charge in [0.2, 0.25) is 0 Å². The summed E-state index contributed by atoms with van der Waals surface area (Å²) in [5.41, 5.74) is 6.28. The van der Waals surface area contributed by atoms with E-state index in [1.807, 2.05) is 0 Å². The third-order valence-electron chi connectivity index (χ3n) is 7.35. The van der Waals surface area contributed by atoms with Gasteiger partial charge in [-0.25, -0.2) is 0 Å². The van der Waals surface area contributed by atoms with Gasteiger partial charge in [-0.1, -0.05) is 37.1 Å². The van der Waals surface area contributed by atoms with Crippen molar-refractivity contribution in [2.24, 2.45) is 0 Å². The molecule has 3 fully saturated rings. The van der Waals surface area contributed by atoms with Gasteiger partial charge in [0.1, 0.15) is 0 Å². The van der Waals surface area contributed by atoms with E-state index in [9.17, 15) is 0 Å². The zero-order valence-corrected chi connectivity index (χ0v) is 27.2. The molecule has 35 heavy (non-hydrogen) atoms. The van der Waals surface area contributed by atoms with Crippen LogP contribution in [-0.2, 0) is 23.0 Å². The molecule has 0 nitrogen and oxygen atoms in total. The number of aryl methyl sites for hydroxylation is 2. The van der Waals surface area contributed by atoms with Crippen LogP contribution in [-0.4, -0.2) is 5.49 Å². The summed E-state index contributed by atoms with van der Waals surface area (Å²) in [5.74, 6) is 1.73. The Morgan fingerprint density at radius 3 is 1.46 bits per heavy atom. The van der Waals surface area contributed by atoms with E-state index in [0.717, 1.165) is 11.8 Å². The molecule has 7 rings (SSSR count). The molecule has 0 N–H and O–H groups in total. The number of fused-ring (bicyclic) bond motifs is 2. The first-order valence-electron chi connectivity index (χ1n) is 13.0. The van der Waals surface area contributed by atoms with Crippen molar-refractivity contribution in [2.75, 3.05) is 0 Å². The molecule has 0 aromatic heterocycles. The van der Waals surface area contributed by atoms with Gasteiger partial charge in [-0.2, -0.15) is 12.1 Å². The second-order valence-electron chi connectivity index (χ2n) is 10.5. The summed E-state index contributed by atoms with van der Waals surface area (Å²) in [7, 11) is 0. The molecule has 4 aromatic rings. The fraction of sp³-hybridized carbons (Fsp3) is 0.419. The van der Waals surface area contributed by atoms with Crippen molar-refractivity contribution in [1.29, 1.82) is 0 Å². The summed E-state index contributed by atoms with van der Waals surface area (Å²) < 4.78 is 0. The Bertz CT molecular complexity index is 1160. The molecule has 0 bridgehead atoms. The van der Waals surface area contributed by atoms with Crippen LogP contribution in [0, 0.1) is 13.8 Å². The van der Waals surface area contributed by atoms with Crippen LogP contribution >= 0.6 is 0 Å². The molecule has 1 aliphatic heterocycles. The minimum atomic E-state index is 0. The van der Waals surface area contributed by atoms with E-state index < -0.39 is 0 Å². The molecule has 0 atom stereocenters. The molecule has 0 amide bonds. The quantitative estimate of drug-likeness (QED) is 0.225. The second-order valence-corrected chi connectivity index (χ2v) is 20.3. The van der Waals surface area contributed by atoms with E-state index in [2.05, 4.69) is 74.5 Å². The van der Waals surface area contributed by atoms with E-state index in [1.54, 1.807) is 59.1 Å². The van der Waals surface area contributed by atoms with Crippen LogP contribution in [0.4, 0.5) is 0 Å². The summed E-state index contributed by atoms with van der Waals surface area (Å²) in [5, 5.41) is 5.81. The van der Waals surface area contributed by atoms with Gasteiger partial charge in [0.15, 0.2) is 0 Å². The standard InChI is InChI=1S/2C13H13.C5H10Si.2ClH.Hf/c2*1-9-7-11-3-2-4-12(10-5-6-10)13(11)8-9;1-2-4-6-5-3-1;;;/h2*2-4,7-8,10H,5-6H2,1H3;1-5H2;2*1H;/q2*-1;;;;+2/p-2. The van der Waals surface area contributed by atoms with Crippen LogP contribution in [0.2, 0.25) is 12.1 Å². The van der Waals surface area contributed by atoms with E-state index >= 15 is 0 Å². The van der Waals surface area contributed by atoms with Gasteiger partial charge in [-0.05, 0) is 37.5 Å². The number of halogens is 2. The Hall–Kier alpha value is -0.673. The molecule has 3 aliphatic rings. The SMILES string of the molecule is Cc1cc2c(C3CC3)cccc2[cH-]1.Cc1cc2c(C3CC3)cccc2[cH-]1.[Cl-].[Cl-].[Hf+2]=[Si]1CCCCC1. The topological polar surface area (TPSA) is 0 Å². The average molecular weight is 686 g/mol. The van der Waals surface area contributed by atoms with Gasteiger partial charge in [0.25, 0.3) is 0 Å². The van der Waals surface area contributed by atoms with Crippen LogP contribution in [0.1, 0.15) is 79.0 Å². The molecule has 0 radical (unpaired) electrons. The Labute approximate surface area is 238 Å². The number of rotatable bonds is 2. The van der Waals surface area contributed by atoms with Crippen molar-refractivity contribution in [3.8, 4) is 0 Å². The van der Waals surface area contributed by atoms with Crippen molar-refractivity contribution >= 4 is 27.0 Å². The third kappa shape index (κ3) is 7.66. The van der Waals surface area contributed by atoms with Crippen LogP contribution < -0.4 is 24.8 Å². The maximum atomic E-state index is 2.32. The number of hydrogen-bond acceptors (Lipinski definition) is 0. The van der Waals surface area contributed by atoms with Crippen LogP contribution in [0.25, 0.3) is 21.5 Å². The van der Waals surface area contributed by atoms with Crippen LogP contribution in [0.3, 0.4) is 0 Å². The van der Waals surface area contributed by atoms with Gasteiger partial charge in [0, 0.05) is 0 Å². The zero-order chi connectivity index (χ0) is 22.8. The summed E-state index contributed by atoms with van der Waals surface area (Å²) in [6.45, 7) is 4.35. The van der Waals surface area contributed by atoms with E-state index in [-0.39, 0.29) is 24.8 Å². The predicted octanol–water partition coefficient (Wildman–Crippen LogP) is 3.21. The first kappa shape index (κ1) is 28.9. The molecular weight excluding hydrogens is 650 g/mol. The monoisotopic (exact) mass is 686 g/mol. The zero-order valence-electron chi connectivity index (χ0n) is 21.0. The number of hydrogen-bond donors (Lipinski definition) is 0. The average Bonchev–Trinajstić information content (AvgIpc) is 3.73. The van der Waals surface area contributed by atoms with E-state index in [4.69, 9.17) is 0 Å². The molecule has 1 saturated heterocycles. The van der Waals surface area contributed by atoms with E-state index in [1.165, 1.54) is 64.8 Å². The van der Waals surface area contributed by atoms with Crippen molar-refractivity contribution in [3.63, 3.8) is 0 Å².